The van der Waals surface area contributed by atoms with Crippen molar-refractivity contribution in [3.05, 3.63) is 30.7 Å². The Kier molecular flexibility index (Phi) is 3.94. The number of pyridine rings is 1. The van der Waals surface area contributed by atoms with E-state index in [1.807, 2.05) is 0 Å². The van der Waals surface area contributed by atoms with Gasteiger partial charge in [0, 0.05) is 37.6 Å². The molecule has 10 heteroatoms. The van der Waals surface area contributed by atoms with Crippen LogP contribution in [0, 0.1) is 5.92 Å². The Labute approximate surface area is 136 Å². The van der Waals surface area contributed by atoms with Gasteiger partial charge in [-0.2, -0.15) is 8.78 Å². The van der Waals surface area contributed by atoms with Crippen molar-refractivity contribution in [2.75, 3.05) is 13.1 Å². The highest BCUT2D eigenvalue weighted by Crippen LogP contribution is 2.41. The number of imidazole rings is 1. The molecular weight excluding hydrogens is 344 g/mol. The summed E-state index contributed by atoms with van der Waals surface area (Å²) in [6, 6.07) is 2.47. The van der Waals surface area contributed by atoms with Crippen molar-refractivity contribution in [2.45, 2.75) is 23.0 Å². The lowest BCUT2D eigenvalue weighted by molar-refractivity contribution is -0.00344. The molecule has 1 N–H and O–H groups in total. The zero-order chi connectivity index (χ0) is 17.5. The second-order valence-corrected chi connectivity index (χ2v) is 7.63. The number of amides is 1. The average molecular weight is 359 g/mol. The molecule has 3 rings (SSSR count). The Morgan fingerprint density at radius 2 is 1.96 bits per heavy atom. The van der Waals surface area contributed by atoms with Gasteiger partial charge in [0.1, 0.15) is 4.90 Å². The topological polar surface area (TPSA) is 92.0 Å². The smallest absolute Gasteiger partial charge is 0.407 e. The standard InChI is InChI=1S/C14H15F2N3O4S/c15-14(16,10-3-7-19(8-4-10)13(20)21)24(22,23)11-2-1-6-18-9-5-17-12(11)18/h1-2,5-6,9-10H,3-4,7-8H2,(H,20,21). The first-order valence-corrected chi connectivity index (χ1v) is 8.75. The first kappa shape index (κ1) is 16.6. The van der Waals surface area contributed by atoms with Crippen LogP contribution in [-0.4, -0.2) is 52.2 Å². The van der Waals surface area contributed by atoms with Crippen LogP contribution in [0.2, 0.25) is 0 Å². The van der Waals surface area contributed by atoms with E-state index in [1.165, 1.54) is 29.1 Å². The van der Waals surface area contributed by atoms with Gasteiger partial charge in [0.15, 0.2) is 5.65 Å². The van der Waals surface area contributed by atoms with Crippen LogP contribution in [0.1, 0.15) is 12.8 Å². The van der Waals surface area contributed by atoms with Crippen molar-refractivity contribution in [2.24, 2.45) is 5.92 Å². The SMILES string of the molecule is O=C(O)N1CCC(C(F)(F)S(=O)(=O)c2cccn3ccnc23)CC1. The van der Waals surface area contributed by atoms with E-state index in [-0.39, 0.29) is 31.6 Å². The van der Waals surface area contributed by atoms with Gasteiger partial charge in [-0.05, 0) is 25.0 Å². The fourth-order valence-corrected chi connectivity index (χ4v) is 4.53. The molecule has 0 aromatic carbocycles. The van der Waals surface area contributed by atoms with Gasteiger partial charge in [0.2, 0.25) is 9.84 Å². The zero-order valence-corrected chi connectivity index (χ0v) is 13.3. The lowest BCUT2D eigenvalue weighted by Crippen LogP contribution is -2.46. The molecular formula is C14H15F2N3O4S. The number of hydrogen-bond acceptors (Lipinski definition) is 4. The van der Waals surface area contributed by atoms with Gasteiger partial charge in [-0.15, -0.1) is 0 Å². The van der Waals surface area contributed by atoms with Gasteiger partial charge in [-0.3, -0.25) is 0 Å². The van der Waals surface area contributed by atoms with Gasteiger partial charge in [-0.1, -0.05) is 0 Å². The van der Waals surface area contributed by atoms with Crippen LogP contribution < -0.4 is 0 Å². The minimum Gasteiger partial charge on any atom is -0.465 e. The van der Waals surface area contributed by atoms with Gasteiger partial charge in [0.25, 0.3) is 0 Å². The third kappa shape index (κ3) is 2.50. The number of carbonyl (C=O) groups is 1. The van der Waals surface area contributed by atoms with Crippen molar-refractivity contribution in [1.82, 2.24) is 14.3 Å². The van der Waals surface area contributed by atoms with Crippen LogP contribution >= 0.6 is 0 Å². The highest BCUT2D eigenvalue weighted by Gasteiger charge is 2.54. The Balaban J connectivity index is 1.94. The molecule has 2 aromatic heterocycles. The molecule has 0 aliphatic carbocycles. The molecule has 7 nitrogen and oxygen atoms in total. The molecule has 130 valence electrons. The lowest BCUT2D eigenvalue weighted by Gasteiger charge is -2.34. The minimum absolute atomic E-state index is 0.0554. The number of halogens is 2. The zero-order valence-electron chi connectivity index (χ0n) is 12.5. The van der Waals surface area contributed by atoms with Crippen LogP contribution in [0.4, 0.5) is 13.6 Å². The summed E-state index contributed by atoms with van der Waals surface area (Å²) in [5, 5.41) is 4.87. The highest BCUT2D eigenvalue weighted by molar-refractivity contribution is 7.92. The summed E-state index contributed by atoms with van der Waals surface area (Å²) < 4.78 is 55.9. The van der Waals surface area contributed by atoms with Crippen LogP contribution in [0.5, 0.6) is 0 Å². The van der Waals surface area contributed by atoms with Crippen molar-refractivity contribution < 1.29 is 27.1 Å². The number of nitrogens with zero attached hydrogens (tertiary/aromatic N) is 3. The molecule has 24 heavy (non-hydrogen) atoms. The van der Waals surface area contributed by atoms with Gasteiger partial charge in [-0.25, -0.2) is 18.2 Å². The van der Waals surface area contributed by atoms with E-state index in [4.69, 9.17) is 5.11 Å². The van der Waals surface area contributed by atoms with Crippen molar-refractivity contribution in [1.29, 1.82) is 0 Å². The third-order valence-corrected chi connectivity index (χ3v) is 6.22. The quantitative estimate of drug-likeness (QED) is 0.906. The van der Waals surface area contributed by atoms with Crippen LogP contribution in [0.25, 0.3) is 5.65 Å². The van der Waals surface area contributed by atoms with Gasteiger partial charge >= 0.3 is 11.3 Å². The summed E-state index contributed by atoms with van der Waals surface area (Å²) in [6.07, 6.45) is 2.70. The molecule has 1 aliphatic heterocycles. The number of hydrogen-bond donors (Lipinski definition) is 1. The molecule has 0 radical (unpaired) electrons. The monoisotopic (exact) mass is 359 g/mol. The second-order valence-electron chi connectivity index (χ2n) is 5.64. The molecule has 1 saturated heterocycles. The van der Waals surface area contributed by atoms with E-state index in [1.54, 1.807) is 0 Å². The van der Waals surface area contributed by atoms with Crippen molar-refractivity contribution in [3.8, 4) is 0 Å². The first-order valence-electron chi connectivity index (χ1n) is 7.27. The average Bonchev–Trinajstić information content (AvgIpc) is 3.03. The van der Waals surface area contributed by atoms with Crippen LogP contribution in [0.15, 0.2) is 35.6 Å². The summed E-state index contributed by atoms with van der Waals surface area (Å²) >= 11 is 0. The normalized spacial score (nSPS) is 17.3. The number of aromatic nitrogens is 2. The number of alkyl halides is 2. The van der Waals surface area contributed by atoms with E-state index < -0.39 is 32.0 Å². The predicted octanol–water partition coefficient (Wildman–Crippen LogP) is 2.09. The summed E-state index contributed by atoms with van der Waals surface area (Å²) in [4.78, 5) is 15.2. The predicted molar refractivity (Wildman–Crippen MR) is 79.6 cm³/mol. The molecule has 1 amide bonds. The maximum atomic E-state index is 14.7. The van der Waals surface area contributed by atoms with Gasteiger partial charge in [0.05, 0.1) is 0 Å². The van der Waals surface area contributed by atoms with E-state index in [2.05, 4.69) is 4.98 Å². The summed E-state index contributed by atoms with van der Waals surface area (Å²) in [6.45, 7) is -0.225. The lowest BCUT2D eigenvalue weighted by atomic mass is 9.97. The Hall–Kier alpha value is -2.23. The van der Waals surface area contributed by atoms with Crippen LogP contribution in [0.3, 0.4) is 0 Å². The van der Waals surface area contributed by atoms with Crippen molar-refractivity contribution >= 4 is 21.6 Å². The molecule has 0 bridgehead atoms. The molecule has 2 aromatic rings. The van der Waals surface area contributed by atoms with Crippen molar-refractivity contribution in [3.63, 3.8) is 0 Å². The van der Waals surface area contributed by atoms with E-state index in [9.17, 15) is 22.0 Å². The molecule has 1 fully saturated rings. The maximum absolute atomic E-state index is 14.7. The molecule has 1 aliphatic rings. The molecule has 0 spiro atoms. The maximum Gasteiger partial charge on any atom is 0.407 e. The number of fused-ring (bicyclic) bond motifs is 1. The second kappa shape index (κ2) is 5.69. The molecule has 0 saturated carbocycles. The number of rotatable bonds is 3. The third-order valence-electron chi connectivity index (χ3n) is 4.27. The molecule has 3 heterocycles. The minimum atomic E-state index is -4.95. The van der Waals surface area contributed by atoms with Gasteiger partial charge < -0.3 is 14.4 Å². The number of carboxylic acid groups (broad SMARTS) is 1. The largest absolute Gasteiger partial charge is 0.465 e. The molecule has 0 atom stereocenters. The number of likely N-dealkylation sites (tertiary alicyclic amines) is 1. The number of sulfone groups is 1. The van der Waals surface area contributed by atoms with E-state index in [0.717, 1.165) is 11.0 Å². The fourth-order valence-electron chi connectivity index (χ4n) is 2.90. The summed E-state index contributed by atoms with van der Waals surface area (Å²) in [7, 11) is -4.95. The summed E-state index contributed by atoms with van der Waals surface area (Å²) in [5.41, 5.74) is -0.0554. The summed E-state index contributed by atoms with van der Waals surface area (Å²) in [5.74, 6) is -1.44. The fraction of sp³-hybridized carbons (Fsp3) is 0.429. The Morgan fingerprint density at radius 3 is 2.58 bits per heavy atom. The van der Waals surface area contributed by atoms with E-state index in [0.29, 0.717) is 0 Å². The number of piperidine rings is 1. The molecule has 0 unspecified atom stereocenters. The first-order chi connectivity index (χ1) is 11.2. The van der Waals surface area contributed by atoms with E-state index >= 15 is 0 Å². The van der Waals surface area contributed by atoms with Crippen LogP contribution in [-0.2, 0) is 9.84 Å². The Bertz CT molecular complexity index is 873. The Morgan fingerprint density at radius 1 is 1.29 bits per heavy atom. The highest BCUT2D eigenvalue weighted by atomic mass is 32.2.